The van der Waals surface area contributed by atoms with E-state index in [-0.39, 0.29) is 102 Å². The molecule has 490 valence electrons. The molecule has 0 spiro atoms. The molecule has 89 heavy (non-hydrogen) atoms. The summed E-state index contributed by atoms with van der Waals surface area (Å²) in [5, 5.41) is 55.1. The summed E-state index contributed by atoms with van der Waals surface area (Å²) in [6.45, 7) is 6.52. The average Bonchev–Trinajstić information content (AvgIpc) is 1.32. The van der Waals surface area contributed by atoms with Gasteiger partial charge in [-0.05, 0) is 68.9 Å². The number of benzene rings is 2. The van der Waals surface area contributed by atoms with Crippen LogP contribution < -0.4 is 42.1 Å². The first kappa shape index (κ1) is 71.9. The van der Waals surface area contributed by atoms with E-state index in [4.69, 9.17) is 0 Å². The summed E-state index contributed by atoms with van der Waals surface area (Å²) in [5.74, 6) is -7.72. The fraction of sp³-hybridized carbons (Fsp3) is 0.527. The molecule has 1 aliphatic rings. The number of aldehydes is 1. The molecule has 2 aromatic carbocycles. The predicted octanol–water partition coefficient (Wildman–Crippen LogP) is -3.13. The fourth-order valence-corrected chi connectivity index (χ4v) is 12.2. The van der Waals surface area contributed by atoms with Crippen LogP contribution in [0.15, 0.2) is 58.6 Å². The highest BCUT2D eigenvalue weighted by Crippen LogP contribution is 2.22. The number of imidazole rings is 1. The van der Waals surface area contributed by atoms with E-state index in [1.54, 1.807) is 88.5 Å². The van der Waals surface area contributed by atoms with Crippen LogP contribution in [0.25, 0.3) is 10.9 Å². The standard InChI is InChI=1S/C55H80N14O18S2/c1-5-42(62-46(73)10-9-43(53(80)61-39(31-70)32-88(83,84)85)63-47(74)29-65-15-16-66(30-48(75)76)18-20-68(34-72)22-21-67(33-71)19-17-65)52(79)56-11-6-14-69-28-41(49(77)40-8-7-38(25-45(40)69)26-60-55-57-12-13-58-55)51(78)59-27-44(54(81)82)64-89(86,87)50-36(3)23-35(2)24-37(50)4/h7-8,12-13,23-25,28,31,39,42-44,64,71-72H,5-6,9-11,14-22,26-27,29-30,32-34H2,1-4H3,(H,56,79)(H,59,78)(H,61,80)(H,62,73)(H,63,74)(H,75,76)(H,81,82)(H2,57,58,60)(H,83,84,85)/t39-,42+,43+,44?/m1/s1. The van der Waals surface area contributed by atoms with Gasteiger partial charge < -0.3 is 66.7 Å². The molecule has 0 radical (unpaired) electrons. The van der Waals surface area contributed by atoms with Gasteiger partial charge in [-0.2, -0.15) is 13.1 Å². The lowest BCUT2D eigenvalue weighted by atomic mass is 10.1. The Bertz CT molecular complexity index is 3400. The smallest absolute Gasteiger partial charge is 0.323 e. The van der Waals surface area contributed by atoms with Crippen molar-refractivity contribution in [1.29, 1.82) is 0 Å². The van der Waals surface area contributed by atoms with E-state index >= 15 is 0 Å². The molecular weight excluding hydrogens is 1210 g/mol. The second-order valence-electron chi connectivity index (χ2n) is 21.5. The number of aliphatic hydroxyl groups is 2. The molecule has 32 nitrogen and oxygen atoms in total. The van der Waals surface area contributed by atoms with E-state index < -0.39 is 128 Å². The molecule has 0 bridgehead atoms. The first-order valence-corrected chi connectivity index (χ1v) is 31.6. The van der Waals surface area contributed by atoms with E-state index in [1.165, 1.54) is 12.3 Å². The second kappa shape index (κ2) is 34.2. The lowest BCUT2D eigenvalue weighted by molar-refractivity contribution is -0.139. The second-order valence-corrected chi connectivity index (χ2v) is 24.6. The number of nitrogens with one attached hydrogen (secondary N) is 8. The number of nitrogens with zero attached hydrogens (tertiary/aromatic N) is 6. The molecule has 0 saturated carbocycles. The molecule has 34 heteroatoms. The van der Waals surface area contributed by atoms with E-state index in [0.29, 0.717) is 47.8 Å². The number of hydrogen-bond donors (Lipinski definition) is 13. The van der Waals surface area contributed by atoms with Crippen molar-refractivity contribution in [2.24, 2.45) is 0 Å². The summed E-state index contributed by atoms with van der Waals surface area (Å²) < 4.78 is 63.4. The number of fused-ring (bicyclic) bond motifs is 1. The molecule has 13 N–H and O–H groups in total. The fourth-order valence-electron chi connectivity index (χ4n) is 9.93. The highest BCUT2D eigenvalue weighted by Gasteiger charge is 2.31. The lowest BCUT2D eigenvalue weighted by Gasteiger charge is -2.32. The van der Waals surface area contributed by atoms with Gasteiger partial charge in [0.05, 0.1) is 37.0 Å². The predicted molar refractivity (Wildman–Crippen MR) is 322 cm³/mol. The summed E-state index contributed by atoms with van der Waals surface area (Å²) in [6, 6.07) is 1.78. The number of aryl methyl sites for hydroxylation is 4. The Morgan fingerprint density at radius 3 is 1.92 bits per heavy atom. The topological polar surface area (TPSA) is 454 Å². The summed E-state index contributed by atoms with van der Waals surface area (Å²) in [6.07, 6.45) is 3.76. The molecule has 4 atom stereocenters. The number of carbonyl (C=O) groups is 8. The maximum atomic E-state index is 14.0. The molecule has 1 unspecified atom stereocenters. The van der Waals surface area contributed by atoms with Crippen LogP contribution in [-0.2, 0) is 66.8 Å². The zero-order valence-electron chi connectivity index (χ0n) is 49.9. The Morgan fingerprint density at radius 2 is 1.37 bits per heavy atom. The van der Waals surface area contributed by atoms with Crippen molar-refractivity contribution in [2.75, 3.05) is 103 Å². The number of aromatic amines is 1. The maximum absolute atomic E-state index is 14.0. The van der Waals surface area contributed by atoms with Gasteiger partial charge in [-0.25, -0.2) is 13.4 Å². The summed E-state index contributed by atoms with van der Waals surface area (Å²) in [7, 11) is -9.21. The monoisotopic (exact) mass is 1290 g/mol. The molecule has 4 aromatic rings. The Labute approximate surface area is 513 Å². The quantitative estimate of drug-likeness (QED) is 0.0131. The summed E-state index contributed by atoms with van der Waals surface area (Å²) in [5.41, 5.74) is 1.50. The minimum Gasteiger partial charge on any atom is -0.480 e. The normalized spacial score (nSPS) is 15.7. The zero-order valence-corrected chi connectivity index (χ0v) is 51.5. The number of pyridine rings is 1. The third-order valence-corrected chi connectivity index (χ3v) is 17.0. The number of carbonyl (C=O) groups excluding carboxylic acids is 6. The molecular formula is C55H80N14O18S2. The molecule has 5 rings (SSSR count). The van der Waals surface area contributed by atoms with Crippen molar-refractivity contribution >= 4 is 84.8 Å². The van der Waals surface area contributed by atoms with Gasteiger partial charge >= 0.3 is 11.9 Å². The van der Waals surface area contributed by atoms with Gasteiger partial charge in [0.25, 0.3) is 16.0 Å². The van der Waals surface area contributed by atoms with Crippen LogP contribution >= 0.6 is 0 Å². The summed E-state index contributed by atoms with van der Waals surface area (Å²) >= 11 is 0. The number of carboxylic acids is 2. The van der Waals surface area contributed by atoms with Crippen LogP contribution in [-0.4, -0.2) is 246 Å². The van der Waals surface area contributed by atoms with Crippen molar-refractivity contribution in [3.63, 3.8) is 0 Å². The number of aromatic nitrogens is 3. The van der Waals surface area contributed by atoms with Gasteiger partial charge in [0.15, 0.2) is 5.95 Å². The van der Waals surface area contributed by atoms with E-state index in [2.05, 4.69) is 46.6 Å². The van der Waals surface area contributed by atoms with Gasteiger partial charge in [0.2, 0.25) is 39.1 Å². The number of sulfonamides is 1. The number of anilines is 1. The zero-order chi connectivity index (χ0) is 65.6. The Kier molecular flexibility index (Phi) is 27.7. The van der Waals surface area contributed by atoms with Crippen LogP contribution in [0.4, 0.5) is 5.95 Å². The summed E-state index contributed by atoms with van der Waals surface area (Å²) in [4.78, 5) is 132. The van der Waals surface area contributed by atoms with Crippen molar-refractivity contribution in [3.05, 3.63) is 87.0 Å². The van der Waals surface area contributed by atoms with Crippen molar-refractivity contribution in [3.8, 4) is 0 Å². The van der Waals surface area contributed by atoms with Gasteiger partial charge in [0.1, 0.15) is 41.8 Å². The third-order valence-electron chi connectivity index (χ3n) is 14.5. The van der Waals surface area contributed by atoms with Gasteiger partial charge in [0, 0.05) is 109 Å². The highest BCUT2D eigenvalue weighted by atomic mass is 32.2. The Hall–Kier alpha value is -7.80. The van der Waals surface area contributed by atoms with Crippen LogP contribution in [0.2, 0.25) is 0 Å². The first-order valence-electron chi connectivity index (χ1n) is 28.5. The molecule has 3 heterocycles. The number of aliphatic carboxylic acids is 2. The van der Waals surface area contributed by atoms with Crippen LogP contribution in [0.1, 0.15) is 65.2 Å². The third kappa shape index (κ3) is 22.9. The van der Waals surface area contributed by atoms with E-state index in [9.17, 15) is 85.0 Å². The largest absolute Gasteiger partial charge is 0.480 e. The molecule has 1 fully saturated rings. The number of aliphatic hydroxyl groups excluding tert-OH is 2. The number of hydrogen-bond acceptors (Lipinski definition) is 21. The van der Waals surface area contributed by atoms with Crippen molar-refractivity contribution in [1.82, 2.24) is 65.4 Å². The number of H-pyrrole nitrogens is 1. The molecule has 1 aliphatic heterocycles. The van der Waals surface area contributed by atoms with Gasteiger partial charge in [-0.1, -0.05) is 30.7 Å². The molecule has 1 saturated heterocycles. The maximum Gasteiger partial charge on any atom is 0.323 e. The number of amides is 5. The van der Waals surface area contributed by atoms with Crippen LogP contribution in [0, 0.1) is 20.8 Å². The Balaban J connectivity index is 1.27. The van der Waals surface area contributed by atoms with Gasteiger partial charge in [-0.3, -0.25) is 62.5 Å². The van der Waals surface area contributed by atoms with Crippen molar-refractivity contribution in [2.45, 2.75) is 95.5 Å². The number of carboxylic acid groups (broad SMARTS) is 2. The molecule has 5 amide bonds. The van der Waals surface area contributed by atoms with Crippen molar-refractivity contribution < 1.29 is 80.2 Å². The SMILES string of the molecule is CC[C@H](NC(=O)CC[C@H](NC(=O)CN1CCN(CO)CCN(CO)CCN(CC(=O)O)CC1)C(=O)N[C@H](C=O)CS(=O)(=O)O)C(=O)NCCCn1cc(C(=O)NCC(NS(=O)(=O)c2c(C)cc(C)cc2C)C(=O)O)c(=O)c2ccc(CNc3ncc[nH]3)cc21. The van der Waals surface area contributed by atoms with Gasteiger partial charge in [-0.15, -0.1) is 0 Å². The van der Waals surface area contributed by atoms with E-state index in [1.807, 2.05) is 0 Å². The minimum atomic E-state index is -4.79. The van der Waals surface area contributed by atoms with Crippen LogP contribution in [0.3, 0.4) is 0 Å². The van der Waals surface area contributed by atoms with E-state index in [0.717, 1.165) is 5.56 Å². The lowest BCUT2D eigenvalue weighted by Crippen LogP contribution is -2.54. The average molecular weight is 1290 g/mol. The minimum absolute atomic E-state index is 0.0227. The first-order chi connectivity index (χ1) is 42.1. The molecule has 0 aliphatic carbocycles. The number of rotatable bonds is 32. The molecule has 2 aromatic heterocycles. The van der Waals surface area contributed by atoms with Crippen LogP contribution in [0.5, 0.6) is 0 Å². The highest BCUT2D eigenvalue weighted by molar-refractivity contribution is 7.89. The Morgan fingerprint density at radius 1 is 0.764 bits per heavy atom.